The standard InChI is InChI=1S/C14H11N3OS/c18-14-13-9(5-7-16-17-14)12-8-2-1-6-15-10(8)3-4-11(12)19-13/h1-6,13,16H,7H2,(H,17,18)/i7D2/hD. The molecule has 1 unspecified atom stereocenters. The molecular weight excluding hydrogens is 258 g/mol. The first-order valence-electron chi connectivity index (χ1n) is 7.29. The third-order valence-electron chi connectivity index (χ3n) is 3.25. The van der Waals surface area contributed by atoms with Crippen molar-refractivity contribution in [3.05, 3.63) is 42.1 Å². The van der Waals surface area contributed by atoms with Crippen LogP contribution in [0.3, 0.4) is 0 Å². The van der Waals surface area contributed by atoms with Crippen LogP contribution in [0.1, 0.15) is 8.30 Å². The highest BCUT2D eigenvalue weighted by Gasteiger charge is 2.35. The van der Waals surface area contributed by atoms with E-state index in [0.29, 0.717) is 11.0 Å². The van der Waals surface area contributed by atoms with Crippen molar-refractivity contribution in [1.29, 1.82) is 0 Å². The number of hydrogen-bond donors (Lipinski definition) is 2. The predicted octanol–water partition coefficient (Wildman–Crippen LogP) is 1.73. The Balaban J connectivity index is 2.01. The molecule has 4 rings (SSSR count). The molecule has 3 heterocycles. The molecule has 0 bridgehead atoms. The molecule has 2 aliphatic rings. The molecule has 2 aromatic rings. The Morgan fingerprint density at radius 1 is 1.47 bits per heavy atom. The van der Waals surface area contributed by atoms with Gasteiger partial charge in [0.1, 0.15) is 6.66 Å². The second-order valence-corrected chi connectivity index (χ2v) is 5.47. The molecule has 19 heavy (non-hydrogen) atoms. The van der Waals surface area contributed by atoms with Gasteiger partial charge in [-0.05, 0) is 23.8 Å². The summed E-state index contributed by atoms with van der Waals surface area (Å²) >= 11 is 1.37. The lowest BCUT2D eigenvalue weighted by molar-refractivity contribution is -0.120. The van der Waals surface area contributed by atoms with E-state index in [4.69, 9.17) is 4.15 Å². The van der Waals surface area contributed by atoms with Crippen LogP contribution in [-0.2, 0) is 4.79 Å². The number of rotatable bonds is 0. The highest BCUT2D eigenvalue weighted by atomic mass is 32.2. The van der Waals surface area contributed by atoms with E-state index < -0.39 is 11.7 Å². The van der Waals surface area contributed by atoms with E-state index in [9.17, 15) is 4.79 Å². The lowest BCUT2D eigenvalue weighted by Crippen LogP contribution is -2.39. The second-order valence-electron chi connectivity index (χ2n) is 4.32. The second kappa shape index (κ2) is 4.08. The lowest BCUT2D eigenvalue weighted by Gasteiger charge is -2.08. The zero-order valence-corrected chi connectivity index (χ0v) is 10.6. The maximum Gasteiger partial charge on any atom is 0.252 e. The van der Waals surface area contributed by atoms with Gasteiger partial charge in [-0.2, -0.15) is 0 Å². The van der Waals surface area contributed by atoms with Crippen LogP contribution in [0.2, 0.25) is 1.41 Å². The number of fused-ring (bicyclic) bond motifs is 5. The van der Waals surface area contributed by atoms with Gasteiger partial charge in [0, 0.05) is 31.3 Å². The largest absolute Gasteiger partial charge is 0.290 e. The van der Waals surface area contributed by atoms with Crippen LogP contribution in [0.25, 0.3) is 16.5 Å². The number of amides is 1. The molecule has 2 aliphatic heterocycles. The lowest BCUT2D eigenvalue weighted by atomic mass is 9.98. The van der Waals surface area contributed by atoms with Gasteiger partial charge in [0.05, 0.1) is 5.52 Å². The molecule has 1 amide bonds. The third kappa shape index (κ3) is 1.59. The molecule has 4 nitrogen and oxygen atoms in total. The van der Waals surface area contributed by atoms with Gasteiger partial charge in [-0.25, -0.2) is 5.42 Å². The average molecular weight is 272 g/mol. The summed E-state index contributed by atoms with van der Waals surface area (Å²) < 4.78 is 23.5. The van der Waals surface area contributed by atoms with Crippen molar-refractivity contribution >= 4 is 34.1 Å². The van der Waals surface area contributed by atoms with Gasteiger partial charge in [0.15, 0.2) is 0 Å². The minimum absolute atomic E-state index is 0.388. The molecule has 1 atom stereocenters. The van der Waals surface area contributed by atoms with Gasteiger partial charge >= 0.3 is 0 Å². The van der Waals surface area contributed by atoms with E-state index in [-0.39, 0.29) is 5.91 Å². The van der Waals surface area contributed by atoms with Gasteiger partial charge in [-0.3, -0.25) is 15.2 Å². The highest BCUT2D eigenvalue weighted by Crippen LogP contribution is 2.47. The number of benzene rings is 1. The predicted molar refractivity (Wildman–Crippen MR) is 75.5 cm³/mol. The first kappa shape index (κ1) is 8.35. The normalized spacial score (nSPS) is 27.4. The first-order valence-corrected chi connectivity index (χ1v) is 6.72. The minimum Gasteiger partial charge on any atom is -0.290 e. The van der Waals surface area contributed by atoms with E-state index in [1.165, 1.54) is 17.8 Å². The molecule has 1 aromatic heterocycles. The van der Waals surface area contributed by atoms with E-state index in [0.717, 1.165) is 21.4 Å². The number of nitrogens with one attached hydrogen (secondary N) is 2. The Bertz CT molecular complexity index is 839. The highest BCUT2D eigenvalue weighted by molar-refractivity contribution is 8.01. The molecule has 1 aromatic carbocycles. The van der Waals surface area contributed by atoms with Crippen LogP contribution in [-0.4, -0.2) is 22.6 Å². The van der Waals surface area contributed by atoms with E-state index >= 15 is 0 Å². The molecule has 0 saturated carbocycles. The van der Waals surface area contributed by atoms with Crippen molar-refractivity contribution in [1.82, 2.24) is 15.8 Å². The monoisotopic (exact) mass is 272 g/mol. The summed E-state index contributed by atoms with van der Waals surface area (Å²) in [6, 6.07) is 7.55. The van der Waals surface area contributed by atoms with E-state index in [1.807, 2.05) is 24.3 Å². The summed E-state index contributed by atoms with van der Waals surface area (Å²) in [4.78, 5) is 17.5. The summed E-state index contributed by atoms with van der Waals surface area (Å²) in [6.07, 6.45) is 3.06. The number of pyridine rings is 1. The number of nitrogens with zero attached hydrogens (tertiary/aromatic N) is 1. The number of carbonyl (C=O) groups excluding carboxylic acids is 1. The first-order chi connectivity index (χ1) is 10.5. The van der Waals surface area contributed by atoms with Crippen molar-refractivity contribution in [2.24, 2.45) is 0 Å². The molecule has 5 heteroatoms. The van der Waals surface area contributed by atoms with Crippen molar-refractivity contribution < 1.29 is 8.95 Å². The number of thioether (sulfide) groups is 1. The minimum atomic E-state index is -2.08. The summed E-state index contributed by atoms with van der Waals surface area (Å²) in [5.41, 5.74) is 5.00. The summed E-state index contributed by atoms with van der Waals surface area (Å²) in [5, 5.41) is 0.342. The zero-order chi connectivity index (χ0) is 15.5. The molecular formula is C14H11N3OS. The number of hydrazine groups is 1. The summed E-state index contributed by atoms with van der Waals surface area (Å²) in [6.45, 7) is -2.08. The Labute approximate surface area is 118 Å². The maximum absolute atomic E-state index is 12.3. The van der Waals surface area contributed by atoms with Crippen LogP contribution in [0.5, 0.6) is 0 Å². The molecule has 0 radical (unpaired) electrons. The van der Waals surface area contributed by atoms with E-state index in [1.54, 1.807) is 6.20 Å². The fourth-order valence-electron chi connectivity index (χ4n) is 2.44. The molecule has 0 fully saturated rings. The Hall–Kier alpha value is -1.85. The van der Waals surface area contributed by atoms with Crippen molar-refractivity contribution in [3.8, 4) is 0 Å². The SMILES string of the molecule is [2H]N1NC(=O)C2Sc3ccc4ncccc4c3C2=CC1([2H])[2H]. The van der Waals surface area contributed by atoms with Gasteiger partial charge < -0.3 is 0 Å². The van der Waals surface area contributed by atoms with E-state index in [2.05, 4.69) is 10.4 Å². The number of hydrogen-bond acceptors (Lipinski definition) is 4. The molecule has 0 saturated heterocycles. The van der Waals surface area contributed by atoms with Crippen LogP contribution in [0.4, 0.5) is 0 Å². The van der Waals surface area contributed by atoms with Gasteiger partial charge in [-0.15, -0.1) is 11.8 Å². The zero-order valence-electron chi connectivity index (χ0n) is 12.8. The number of aromatic nitrogens is 1. The fraction of sp³-hybridized carbons (Fsp3) is 0.143. The Morgan fingerprint density at radius 3 is 3.37 bits per heavy atom. The van der Waals surface area contributed by atoms with Crippen LogP contribution >= 0.6 is 11.8 Å². The van der Waals surface area contributed by atoms with Gasteiger partial charge in [0.25, 0.3) is 5.91 Å². The topological polar surface area (TPSA) is 54.0 Å². The molecule has 2 N–H and O–H groups in total. The quantitative estimate of drug-likeness (QED) is 0.767. The van der Waals surface area contributed by atoms with Gasteiger partial charge in [-0.1, -0.05) is 12.1 Å². The summed E-state index contributed by atoms with van der Waals surface area (Å²) in [5.74, 6) is -0.388. The van der Waals surface area contributed by atoms with Crippen LogP contribution in [0.15, 0.2) is 41.4 Å². The average Bonchev–Trinajstić information content (AvgIpc) is 2.82. The third-order valence-corrected chi connectivity index (χ3v) is 4.55. The maximum atomic E-state index is 12.3. The molecule has 0 aliphatic carbocycles. The Kier molecular flexibility index (Phi) is 1.79. The molecule has 0 spiro atoms. The summed E-state index contributed by atoms with van der Waals surface area (Å²) in [7, 11) is 0. The van der Waals surface area contributed by atoms with Crippen molar-refractivity contribution in [3.63, 3.8) is 0 Å². The fourth-order valence-corrected chi connectivity index (χ4v) is 3.66. The van der Waals surface area contributed by atoms with Crippen molar-refractivity contribution in [2.75, 3.05) is 6.50 Å². The smallest absolute Gasteiger partial charge is 0.252 e. The van der Waals surface area contributed by atoms with Crippen LogP contribution in [0, 0.1) is 0 Å². The van der Waals surface area contributed by atoms with Gasteiger partial charge in [0.2, 0.25) is 0 Å². The van der Waals surface area contributed by atoms with Crippen molar-refractivity contribution in [2.45, 2.75) is 10.1 Å². The number of carbonyl (C=O) groups is 1. The molecule has 94 valence electrons. The Morgan fingerprint density at radius 2 is 2.42 bits per heavy atom. The van der Waals surface area contributed by atoms with Crippen LogP contribution < -0.4 is 10.8 Å².